The van der Waals surface area contributed by atoms with Crippen molar-refractivity contribution in [2.24, 2.45) is 0 Å². The Morgan fingerprint density at radius 1 is 1.65 bits per heavy atom. The minimum atomic E-state index is 0.00278. The summed E-state index contributed by atoms with van der Waals surface area (Å²) in [5.74, 6) is 0.00278. The van der Waals surface area contributed by atoms with Gasteiger partial charge in [0.1, 0.15) is 6.54 Å². The number of carbonyl (C=O) groups excluding carboxylic acids is 1. The monoisotopic (exact) mass is 237 g/mol. The molecule has 1 aromatic heterocycles. The summed E-state index contributed by atoms with van der Waals surface area (Å²) in [6.07, 6.45) is 3.92. The van der Waals surface area contributed by atoms with E-state index in [0.29, 0.717) is 6.61 Å². The van der Waals surface area contributed by atoms with E-state index in [1.54, 1.807) is 4.68 Å². The topological polar surface area (TPSA) is 56.2 Å². The fourth-order valence-corrected chi connectivity index (χ4v) is 1.97. The number of aromatic nitrogens is 2. The Bertz CT molecular complexity index is 375. The van der Waals surface area contributed by atoms with Gasteiger partial charge in [-0.1, -0.05) is 0 Å². The number of amides is 1. The summed E-state index contributed by atoms with van der Waals surface area (Å²) in [5.41, 5.74) is 2.08. The van der Waals surface area contributed by atoms with E-state index in [-0.39, 0.29) is 18.5 Å². The van der Waals surface area contributed by atoms with Crippen molar-refractivity contribution in [3.8, 4) is 0 Å². The molecule has 94 valence electrons. The van der Waals surface area contributed by atoms with Gasteiger partial charge in [0.2, 0.25) is 5.91 Å². The van der Waals surface area contributed by atoms with Crippen LogP contribution in [0.2, 0.25) is 0 Å². The molecule has 5 nitrogen and oxygen atoms in total. The van der Waals surface area contributed by atoms with Gasteiger partial charge in [-0.25, -0.2) is 0 Å². The molecule has 0 radical (unpaired) electrons. The third-order valence-corrected chi connectivity index (χ3v) is 3.02. The summed E-state index contributed by atoms with van der Waals surface area (Å²) in [5, 5.41) is 7.24. The number of nitrogens with one attached hydrogen (secondary N) is 1. The van der Waals surface area contributed by atoms with Crippen LogP contribution in [0.3, 0.4) is 0 Å². The maximum Gasteiger partial charge on any atom is 0.242 e. The van der Waals surface area contributed by atoms with Crippen molar-refractivity contribution in [1.29, 1.82) is 0 Å². The standard InChI is InChI=1S/C12H19N3O2/c1-9-6-15(14-10(9)2)7-12(16)13-11-4-3-5-17-8-11/h6,11H,3-5,7-8H2,1-2H3,(H,13,16). The van der Waals surface area contributed by atoms with E-state index in [9.17, 15) is 4.79 Å². The fraction of sp³-hybridized carbons (Fsp3) is 0.667. The van der Waals surface area contributed by atoms with Crippen molar-refractivity contribution in [1.82, 2.24) is 15.1 Å². The Morgan fingerprint density at radius 3 is 3.06 bits per heavy atom. The second kappa shape index (κ2) is 5.31. The van der Waals surface area contributed by atoms with E-state index in [1.165, 1.54) is 0 Å². The first-order chi connectivity index (χ1) is 8.15. The van der Waals surface area contributed by atoms with Crippen molar-refractivity contribution in [2.45, 2.75) is 39.3 Å². The van der Waals surface area contributed by atoms with Gasteiger partial charge in [-0.3, -0.25) is 9.48 Å². The Hall–Kier alpha value is -1.36. The quantitative estimate of drug-likeness (QED) is 0.845. The van der Waals surface area contributed by atoms with E-state index >= 15 is 0 Å². The molecule has 1 unspecified atom stereocenters. The van der Waals surface area contributed by atoms with Crippen LogP contribution in [0.15, 0.2) is 6.20 Å². The van der Waals surface area contributed by atoms with Crippen LogP contribution >= 0.6 is 0 Å². The van der Waals surface area contributed by atoms with Gasteiger partial charge < -0.3 is 10.1 Å². The molecule has 0 aromatic carbocycles. The number of aryl methyl sites for hydroxylation is 2. The molecule has 2 rings (SSSR count). The molecule has 1 saturated heterocycles. The zero-order valence-electron chi connectivity index (χ0n) is 10.4. The summed E-state index contributed by atoms with van der Waals surface area (Å²) in [6.45, 7) is 5.66. The highest BCUT2D eigenvalue weighted by Gasteiger charge is 2.16. The van der Waals surface area contributed by atoms with Crippen molar-refractivity contribution in [3.05, 3.63) is 17.5 Å². The van der Waals surface area contributed by atoms with Crippen LogP contribution in [0.5, 0.6) is 0 Å². The van der Waals surface area contributed by atoms with Crippen molar-refractivity contribution >= 4 is 5.91 Å². The van der Waals surface area contributed by atoms with E-state index in [0.717, 1.165) is 30.7 Å². The van der Waals surface area contributed by atoms with Crippen molar-refractivity contribution < 1.29 is 9.53 Å². The number of ether oxygens (including phenoxy) is 1. The first-order valence-electron chi connectivity index (χ1n) is 6.03. The SMILES string of the molecule is Cc1cn(CC(=O)NC2CCCOC2)nc1C. The first kappa shape index (κ1) is 12.1. The first-order valence-corrected chi connectivity index (χ1v) is 6.03. The summed E-state index contributed by atoms with van der Waals surface area (Å²) in [6, 6.07) is 0.161. The largest absolute Gasteiger partial charge is 0.379 e. The van der Waals surface area contributed by atoms with Gasteiger partial charge in [0.15, 0.2) is 0 Å². The molecule has 0 bridgehead atoms. The van der Waals surface area contributed by atoms with Crippen LogP contribution < -0.4 is 5.32 Å². The molecule has 5 heteroatoms. The zero-order valence-corrected chi connectivity index (χ0v) is 10.4. The Labute approximate surface area is 101 Å². The average molecular weight is 237 g/mol. The zero-order chi connectivity index (χ0) is 12.3. The van der Waals surface area contributed by atoms with Gasteiger partial charge in [-0.2, -0.15) is 5.10 Å². The fourth-order valence-electron chi connectivity index (χ4n) is 1.97. The minimum Gasteiger partial charge on any atom is -0.379 e. The van der Waals surface area contributed by atoms with Crippen LogP contribution in [0.1, 0.15) is 24.1 Å². The Kier molecular flexibility index (Phi) is 3.78. The van der Waals surface area contributed by atoms with Gasteiger partial charge >= 0.3 is 0 Å². The van der Waals surface area contributed by atoms with Gasteiger partial charge in [0, 0.05) is 12.8 Å². The number of carbonyl (C=O) groups is 1. The molecule has 0 saturated carbocycles. The lowest BCUT2D eigenvalue weighted by Crippen LogP contribution is -2.42. The lowest BCUT2D eigenvalue weighted by Gasteiger charge is -2.23. The molecule has 0 spiro atoms. The average Bonchev–Trinajstić information content (AvgIpc) is 2.59. The number of nitrogens with zero attached hydrogens (tertiary/aromatic N) is 2. The molecule has 1 N–H and O–H groups in total. The normalized spacial score (nSPS) is 20.2. The highest BCUT2D eigenvalue weighted by atomic mass is 16.5. The van der Waals surface area contributed by atoms with Gasteiger partial charge in [0.05, 0.1) is 18.3 Å². The molecular weight excluding hydrogens is 218 g/mol. The summed E-state index contributed by atoms with van der Waals surface area (Å²) < 4.78 is 7.00. The van der Waals surface area contributed by atoms with Crippen LogP contribution in [0.4, 0.5) is 0 Å². The molecule has 2 heterocycles. The molecule has 1 fully saturated rings. The minimum absolute atomic E-state index is 0.00278. The third-order valence-electron chi connectivity index (χ3n) is 3.02. The van der Waals surface area contributed by atoms with Crippen molar-refractivity contribution in [2.75, 3.05) is 13.2 Å². The number of hydrogen-bond acceptors (Lipinski definition) is 3. The summed E-state index contributed by atoms with van der Waals surface area (Å²) in [7, 11) is 0. The van der Waals surface area contributed by atoms with E-state index in [4.69, 9.17) is 4.74 Å². The maximum atomic E-state index is 11.8. The molecule has 1 atom stereocenters. The molecule has 0 aliphatic carbocycles. The predicted octanol–water partition coefficient (Wildman–Crippen LogP) is 0.795. The van der Waals surface area contributed by atoms with Crippen LogP contribution in [-0.4, -0.2) is 34.9 Å². The Morgan fingerprint density at radius 2 is 2.47 bits per heavy atom. The smallest absolute Gasteiger partial charge is 0.242 e. The predicted molar refractivity (Wildman–Crippen MR) is 63.7 cm³/mol. The Balaban J connectivity index is 1.84. The van der Waals surface area contributed by atoms with Crippen LogP contribution in [0, 0.1) is 13.8 Å². The van der Waals surface area contributed by atoms with Gasteiger partial charge in [-0.05, 0) is 32.3 Å². The third kappa shape index (κ3) is 3.30. The van der Waals surface area contributed by atoms with E-state index in [2.05, 4.69) is 10.4 Å². The van der Waals surface area contributed by atoms with Gasteiger partial charge in [0.25, 0.3) is 0 Å². The molecule has 1 amide bonds. The number of hydrogen-bond donors (Lipinski definition) is 1. The van der Waals surface area contributed by atoms with E-state index < -0.39 is 0 Å². The molecule has 1 aliphatic heterocycles. The lowest BCUT2D eigenvalue weighted by atomic mass is 10.1. The lowest BCUT2D eigenvalue weighted by molar-refractivity contribution is -0.123. The number of rotatable bonds is 3. The molecule has 17 heavy (non-hydrogen) atoms. The molecule has 1 aromatic rings. The maximum absolute atomic E-state index is 11.8. The van der Waals surface area contributed by atoms with E-state index in [1.807, 2.05) is 20.0 Å². The second-order valence-electron chi connectivity index (χ2n) is 4.58. The van der Waals surface area contributed by atoms with Crippen molar-refractivity contribution in [3.63, 3.8) is 0 Å². The molecule has 1 aliphatic rings. The summed E-state index contributed by atoms with van der Waals surface area (Å²) >= 11 is 0. The molecular formula is C12H19N3O2. The van der Waals surface area contributed by atoms with Crippen LogP contribution in [-0.2, 0) is 16.1 Å². The highest BCUT2D eigenvalue weighted by molar-refractivity contribution is 5.76. The highest BCUT2D eigenvalue weighted by Crippen LogP contribution is 2.06. The second-order valence-corrected chi connectivity index (χ2v) is 4.58. The van der Waals surface area contributed by atoms with Crippen LogP contribution in [0.25, 0.3) is 0 Å². The summed E-state index contributed by atoms with van der Waals surface area (Å²) in [4.78, 5) is 11.8. The van der Waals surface area contributed by atoms with Gasteiger partial charge in [-0.15, -0.1) is 0 Å².